The number of aromatic hydroxyl groups is 1. The van der Waals surface area contributed by atoms with Crippen LogP contribution in [0.1, 0.15) is 5.56 Å². The Morgan fingerprint density at radius 2 is 1.83 bits per heavy atom. The number of carboxylic acid groups (broad SMARTS) is 1. The predicted octanol–water partition coefficient (Wildman–Crippen LogP) is 5.04. The van der Waals surface area contributed by atoms with Crippen LogP contribution in [0.15, 0.2) is 49.3 Å². The number of phenolic OH excluding ortho intramolecular Hbond substituents is 1. The third kappa shape index (κ3) is 5.26. The molecule has 0 radical (unpaired) electrons. The van der Waals surface area contributed by atoms with Gasteiger partial charge in [-0.3, -0.25) is 0 Å². The summed E-state index contributed by atoms with van der Waals surface area (Å²) in [6.07, 6.45) is 1.46. The summed E-state index contributed by atoms with van der Waals surface area (Å²) in [4.78, 5) is 11.7. The molecule has 0 aliphatic rings. The molecule has 0 saturated heterocycles. The van der Waals surface area contributed by atoms with E-state index in [2.05, 4.69) is 26.1 Å². The Morgan fingerprint density at radius 3 is 2.40 bits per heavy atom. The van der Waals surface area contributed by atoms with Gasteiger partial charge >= 0.3 is 5.97 Å². The first kappa shape index (κ1) is 22.4. The first-order chi connectivity index (χ1) is 14.3. The zero-order valence-corrected chi connectivity index (χ0v) is 20.1. The van der Waals surface area contributed by atoms with Crippen molar-refractivity contribution < 1.29 is 28.9 Å². The Labute approximate surface area is 197 Å². The smallest absolute Gasteiger partial charge is 0.342 e. The molecule has 156 valence electrons. The van der Waals surface area contributed by atoms with Gasteiger partial charge < -0.3 is 24.1 Å². The van der Waals surface area contributed by atoms with E-state index in [1.807, 2.05) is 22.6 Å². The molecule has 3 rings (SSSR count). The fourth-order valence-corrected chi connectivity index (χ4v) is 4.52. The summed E-state index contributed by atoms with van der Waals surface area (Å²) in [5.41, 5.74) is 1.16. The molecule has 0 amide bonds. The number of hydrogen-bond acceptors (Lipinski definition) is 8. The summed E-state index contributed by atoms with van der Waals surface area (Å²) in [7, 11) is 3.06. The number of ether oxygens (including phenoxy) is 2. The summed E-state index contributed by atoms with van der Waals surface area (Å²) in [6, 6.07) is 8.38. The second-order valence-electron chi connectivity index (χ2n) is 5.72. The Hall–Kier alpha value is -2.25. The van der Waals surface area contributed by atoms with Crippen molar-refractivity contribution in [3.8, 4) is 28.7 Å². The maximum absolute atomic E-state index is 11.7. The Balaban J connectivity index is 1.90. The second kappa shape index (κ2) is 9.71. The van der Waals surface area contributed by atoms with Crippen molar-refractivity contribution in [2.75, 3.05) is 14.2 Å². The van der Waals surface area contributed by atoms with E-state index >= 15 is 0 Å². The molecule has 0 saturated carbocycles. The highest BCUT2D eigenvalue weighted by Gasteiger charge is 2.17. The zero-order valence-electron chi connectivity index (χ0n) is 15.6. The van der Waals surface area contributed by atoms with Crippen LogP contribution in [-0.2, 0) is 4.79 Å². The van der Waals surface area contributed by atoms with E-state index in [9.17, 15) is 15.0 Å². The highest BCUT2D eigenvalue weighted by Crippen LogP contribution is 2.35. The van der Waals surface area contributed by atoms with E-state index in [4.69, 9.17) is 13.9 Å². The molecular weight excluding hydrogens is 591 g/mol. The Bertz CT molecular complexity index is 1090. The lowest BCUT2D eigenvalue weighted by molar-refractivity contribution is -0.131. The van der Waals surface area contributed by atoms with E-state index in [1.54, 1.807) is 30.3 Å². The van der Waals surface area contributed by atoms with E-state index in [0.717, 1.165) is 11.8 Å². The normalized spacial score (nSPS) is 11.4. The number of thioether (sulfide) groups is 1. The molecule has 1 heterocycles. The number of aromatic nitrogens is 2. The highest BCUT2D eigenvalue weighted by atomic mass is 127. The van der Waals surface area contributed by atoms with Crippen molar-refractivity contribution in [1.29, 1.82) is 0 Å². The van der Waals surface area contributed by atoms with Crippen LogP contribution >= 0.6 is 50.3 Å². The number of phenols is 1. The number of aliphatic carboxylic acids is 1. The van der Waals surface area contributed by atoms with Crippen molar-refractivity contribution in [2.24, 2.45) is 0 Å². The summed E-state index contributed by atoms with van der Waals surface area (Å²) in [5, 5.41) is 27.4. The fraction of sp³-hybridized carbons (Fsp3) is 0.105. The fourth-order valence-electron chi connectivity index (χ4n) is 2.35. The number of hydrogen-bond donors (Lipinski definition) is 2. The first-order valence-electron chi connectivity index (χ1n) is 8.18. The van der Waals surface area contributed by atoms with Crippen LogP contribution in [0.25, 0.3) is 17.5 Å². The molecule has 2 N–H and O–H groups in total. The second-order valence-corrected chi connectivity index (χ2v) is 8.73. The van der Waals surface area contributed by atoms with Gasteiger partial charge in [-0.05, 0) is 86.2 Å². The summed E-state index contributed by atoms with van der Waals surface area (Å²) in [6.45, 7) is 0. The van der Waals surface area contributed by atoms with E-state index < -0.39 is 5.97 Å². The minimum absolute atomic E-state index is 0.0261. The number of benzene rings is 2. The van der Waals surface area contributed by atoms with E-state index in [-0.39, 0.29) is 21.8 Å². The van der Waals surface area contributed by atoms with Crippen LogP contribution in [0, 0.1) is 3.57 Å². The molecule has 30 heavy (non-hydrogen) atoms. The van der Waals surface area contributed by atoms with Crippen LogP contribution in [0.2, 0.25) is 0 Å². The molecule has 3 aromatic rings. The zero-order chi connectivity index (χ0) is 21.8. The van der Waals surface area contributed by atoms with Gasteiger partial charge in [0.05, 0.1) is 22.3 Å². The lowest BCUT2D eigenvalue weighted by Crippen LogP contribution is -1.97. The molecule has 0 fully saturated rings. The minimum atomic E-state index is -1.15. The SMILES string of the molecule is COc1cc(OC)cc(-c2nnc(S/C(=C\c3cc(Br)c(O)c(I)c3)C(=O)O)o2)c1. The van der Waals surface area contributed by atoms with Gasteiger partial charge in [0.25, 0.3) is 5.22 Å². The van der Waals surface area contributed by atoms with Crippen molar-refractivity contribution in [2.45, 2.75) is 5.22 Å². The summed E-state index contributed by atoms with van der Waals surface area (Å²) < 4.78 is 17.1. The van der Waals surface area contributed by atoms with Crippen LogP contribution in [0.4, 0.5) is 0 Å². The first-order valence-corrected chi connectivity index (χ1v) is 10.9. The maximum atomic E-state index is 11.7. The Morgan fingerprint density at radius 1 is 1.17 bits per heavy atom. The molecule has 11 heteroatoms. The number of carboxylic acids is 1. The highest BCUT2D eigenvalue weighted by molar-refractivity contribution is 14.1. The van der Waals surface area contributed by atoms with Gasteiger partial charge in [0.15, 0.2) is 0 Å². The standard InChI is InChI=1S/C19H14BrIN2O6S/c1-27-11-6-10(7-12(8-11)28-2)17-22-23-19(29-17)30-15(18(25)26)5-9-3-13(20)16(24)14(21)4-9/h3-8,24H,1-2H3,(H,25,26)/b15-5-. The number of halogens is 2. The topological polar surface area (TPSA) is 115 Å². The number of carbonyl (C=O) groups is 1. The van der Waals surface area contributed by atoms with Crippen LogP contribution < -0.4 is 9.47 Å². The third-order valence-corrected chi connectivity index (χ3v) is 6.03. The van der Waals surface area contributed by atoms with Crippen molar-refractivity contribution in [1.82, 2.24) is 10.2 Å². The molecule has 0 atom stereocenters. The minimum Gasteiger partial charge on any atom is -0.506 e. The number of rotatable bonds is 7. The molecule has 2 aromatic carbocycles. The largest absolute Gasteiger partial charge is 0.506 e. The average Bonchev–Trinajstić information content (AvgIpc) is 3.19. The van der Waals surface area contributed by atoms with Gasteiger partial charge in [-0.25, -0.2) is 4.79 Å². The lowest BCUT2D eigenvalue weighted by Gasteiger charge is -2.05. The van der Waals surface area contributed by atoms with E-state index in [0.29, 0.717) is 30.7 Å². The van der Waals surface area contributed by atoms with Gasteiger partial charge in [-0.15, -0.1) is 10.2 Å². The molecule has 8 nitrogen and oxygen atoms in total. The van der Waals surface area contributed by atoms with Crippen LogP contribution in [0.5, 0.6) is 17.2 Å². The predicted molar refractivity (Wildman–Crippen MR) is 123 cm³/mol. The van der Waals surface area contributed by atoms with Crippen LogP contribution in [0.3, 0.4) is 0 Å². The lowest BCUT2D eigenvalue weighted by atomic mass is 10.2. The molecule has 0 unspecified atom stereocenters. The molecule has 0 spiro atoms. The molecule has 0 aliphatic carbocycles. The number of methoxy groups -OCH3 is 2. The molecule has 0 aliphatic heterocycles. The Kier molecular flexibility index (Phi) is 7.26. The van der Waals surface area contributed by atoms with Crippen molar-refractivity contribution in [3.63, 3.8) is 0 Å². The molecular formula is C19H14BrIN2O6S. The van der Waals surface area contributed by atoms with Gasteiger partial charge in [0.1, 0.15) is 22.2 Å². The monoisotopic (exact) mass is 604 g/mol. The van der Waals surface area contributed by atoms with Crippen molar-refractivity contribution >= 4 is 62.3 Å². The summed E-state index contributed by atoms with van der Waals surface area (Å²) >= 11 is 6.02. The summed E-state index contributed by atoms with van der Waals surface area (Å²) in [5.74, 6) is 0.238. The number of nitrogens with zero attached hydrogens (tertiary/aromatic N) is 2. The van der Waals surface area contributed by atoms with Gasteiger partial charge in [0.2, 0.25) is 5.89 Å². The third-order valence-electron chi connectivity index (χ3n) is 3.75. The quantitative estimate of drug-likeness (QED) is 0.217. The van der Waals surface area contributed by atoms with Gasteiger partial charge in [-0.1, -0.05) is 0 Å². The maximum Gasteiger partial charge on any atom is 0.342 e. The molecule has 1 aromatic heterocycles. The van der Waals surface area contributed by atoms with Gasteiger partial charge in [0, 0.05) is 11.6 Å². The molecule has 0 bridgehead atoms. The average molecular weight is 605 g/mol. The van der Waals surface area contributed by atoms with Crippen LogP contribution in [-0.4, -0.2) is 40.6 Å². The van der Waals surface area contributed by atoms with E-state index in [1.165, 1.54) is 20.3 Å². The van der Waals surface area contributed by atoms with Gasteiger partial charge in [-0.2, -0.15) is 0 Å². The van der Waals surface area contributed by atoms with Crippen molar-refractivity contribution in [3.05, 3.63) is 48.8 Å².